The lowest BCUT2D eigenvalue weighted by molar-refractivity contribution is 0.0995. The Bertz CT molecular complexity index is 553. The van der Waals surface area contributed by atoms with E-state index in [0.29, 0.717) is 11.4 Å². The predicted octanol–water partition coefficient (Wildman–Crippen LogP) is 1.86. The molecule has 2 aromatic rings. The van der Waals surface area contributed by atoms with Gasteiger partial charge in [-0.05, 0) is 24.3 Å². The SMILES string of the molecule is COc1ccccc1-c1cccc(C(N)=O)n1. The summed E-state index contributed by atoms with van der Waals surface area (Å²) >= 11 is 0. The van der Waals surface area contributed by atoms with Gasteiger partial charge in [-0.3, -0.25) is 4.79 Å². The molecule has 2 N–H and O–H groups in total. The Morgan fingerprint density at radius 2 is 1.94 bits per heavy atom. The summed E-state index contributed by atoms with van der Waals surface area (Å²) in [5, 5.41) is 0. The van der Waals surface area contributed by atoms with Gasteiger partial charge in [0.1, 0.15) is 11.4 Å². The summed E-state index contributed by atoms with van der Waals surface area (Å²) in [6, 6.07) is 12.6. The summed E-state index contributed by atoms with van der Waals surface area (Å²) in [5.41, 5.74) is 6.94. The predicted molar refractivity (Wildman–Crippen MR) is 64.7 cm³/mol. The Balaban J connectivity index is 2.52. The zero-order chi connectivity index (χ0) is 12.3. The molecular weight excluding hydrogens is 216 g/mol. The van der Waals surface area contributed by atoms with E-state index in [1.54, 1.807) is 19.2 Å². The number of ether oxygens (including phenoxy) is 1. The molecule has 1 aromatic heterocycles. The second-order valence-electron chi connectivity index (χ2n) is 3.47. The number of carbonyl (C=O) groups excluding carboxylic acids is 1. The van der Waals surface area contributed by atoms with E-state index in [1.165, 1.54) is 0 Å². The molecule has 0 aliphatic heterocycles. The minimum absolute atomic E-state index is 0.244. The quantitative estimate of drug-likeness (QED) is 0.871. The van der Waals surface area contributed by atoms with Crippen LogP contribution >= 0.6 is 0 Å². The topological polar surface area (TPSA) is 65.2 Å². The van der Waals surface area contributed by atoms with Crippen molar-refractivity contribution in [3.63, 3.8) is 0 Å². The zero-order valence-electron chi connectivity index (χ0n) is 9.38. The highest BCUT2D eigenvalue weighted by atomic mass is 16.5. The van der Waals surface area contributed by atoms with E-state index in [2.05, 4.69) is 4.98 Å². The highest BCUT2D eigenvalue weighted by Crippen LogP contribution is 2.27. The number of para-hydroxylation sites is 1. The van der Waals surface area contributed by atoms with Crippen molar-refractivity contribution in [3.8, 4) is 17.0 Å². The van der Waals surface area contributed by atoms with Crippen LogP contribution in [0.25, 0.3) is 11.3 Å². The third-order valence-electron chi connectivity index (χ3n) is 2.38. The first-order valence-electron chi connectivity index (χ1n) is 5.12. The molecule has 0 spiro atoms. The number of aromatic nitrogens is 1. The summed E-state index contributed by atoms with van der Waals surface area (Å²) < 4.78 is 5.24. The molecule has 2 rings (SSSR count). The van der Waals surface area contributed by atoms with Gasteiger partial charge in [-0.1, -0.05) is 18.2 Å². The van der Waals surface area contributed by atoms with Crippen LogP contribution in [0.2, 0.25) is 0 Å². The number of benzene rings is 1. The highest BCUT2D eigenvalue weighted by Gasteiger charge is 2.08. The number of rotatable bonds is 3. The first-order chi connectivity index (χ1) is 8.22. The summed E-state index contributed by atoms with van der Waals surface area (Å²) in [5.74, 6) is 0.170. The fourth-order valence-corrected chi connectivity index (χ4v) is 1.58. The number of hydrogen-bond acceptors (Lipinski definition) is 3. The molecule has 1 heterocycles. The van der Waals surface area contributed by atoms with E-state index in [0.717, 1.165) is 5.56 Å². The Morgan fingerprint density at radius 3 is 2.65 bits per heavy atom. The van der Waals surface area contributed by atoms with E-state index in [4.69, 9.17) is 10.5 Å². The van der Waals surface area contributed by atoms with Crippen LogP contribution in [0.1, 0.15) is 10.5 Å². The van der Waals surface area contributed by atoms with Crippen molar-refractivity contribution in [2.45, 2.75) is 0 Å². The molecule has 0 saturated carbocycles. The van der Waals surface area contributed by atoms with Crippen LogP contribution < -0.4 is 10.5 Å². The number of hydrogen-bond donors (Lipinski definition) is 1. The van der Waals surface area contributed by atoms with Gasteiger partial charge in [0.05, 0.1) is 12.8 Å². The molecule has 1 amide bonds. The average Bonchev–Trinajstić information content (AvgIpc) is 2.39. The molecule has 0 atom stereocenters. The molecule has 86 valence electrons. The molecule has 4 nitrogen and oxygen atoms in total. The lowest BCUT2D eigenvalue weighted by Crippen LogP contribution is -2.13. The van der Waals surface area contributed by atoms with E-state index < -0.39 is 5.91 Å². The molecule has 0 aliphatic carbocycles. The molecule has 0 radical (unpaired) electrons. The standard InChI is InChI=1S/C13H12N2O2/c1-17-12-8-3-2-5-9(12)10-6-4-7-11(15-10)13(14)16/h2-8H,1H3,(H2,14,16). The van der Waals surface area contributed by atoms with Crippen molar-refractivity contribution in [2.24, 2.45) is 5.73 Å². The molecular formula is C13H12N2O2. The normalized spacial score (nSPS) is 9.94. The fourth-order valence-electron chi connectivity index (χ4n) is 1.58. The number of nitrogens with two attached hydrogens (primary N) is 1. The molecule has 0 aliphatic rings. The smallest absolute Gasteiger partial charge is 0.267 e. The maximum Gasteiger partial charge on any atom is 0.267 e. The van der Waals surface area contributed by atoms with Crippen molar-refractivity contribution in [2.75, 3.05) is 7.11 Å². The van der Waals surface area contributed by atoms with Crippen LogP contribution in [0.5, 0.6) is 5.75 Å². The van der Waals surface area contributed by atoms with Gasteiger partial charge in [0.2, 0.25) is 0 Å². The second kappa shape index (κ2) is 4.65. The number of methoxy groups -OCH3 is 1. The summed E-state index contributed by atoms with van der Waals surface area (Å²) in [4.78, 5) is 15.3. The largest absolute Gasteiger partial charge is 0.496 e. The molecule has 0 fully saturated rings. The van der Waals surface area contributed by atoms with Crippen molar-refractivity contribution < 1.29 is 9.53 Å². The Labute approximate surface area is 99.1 Å². The van der Waals surface area contributed by atoms with E-state index in [-0.39, 0.29) is 5.69 Å². The van der Waals surface area contributed by atoms with Crippen LogP contribution in [0.3, 0.4) is 0 Å². The minimum atomic E-state index is -0.540. The van der Waals surface area contributed by atoms with E-state index >= 15 is 0 Å². The van der Waals surface area contributed by atoms with Crippen molar-refractivity contribution >= 4 is 5.91 Å². The van der Waals surface area contributed by atoms with Gasteiger partial charge in [-0.2, -0.15) is 0 Å². The zero-order valence-corrected chi connectivity index (χ0v) is 9.38. The Morgan fingerprint density at radius 1 is 1.18 bits per heavy atom. The summed E-state index contributed by atoms with van der Waals surface area (Å²) in [6.07, 6.45) is 0. The van der Waals surface area contributed by atoms with E-state index in [9.17, 15) is 4.79 Å². The summed E-state index contributed by atoms with van der Waals surface area (Å²) in [6.45, 7) is 0. The second-order valence-corrected chi connectivity index (χ2v) is 3.47. The number of carbonyl (C=O) groups is 1. The number of amides is 1. The van der Waals surface area contributed by atoms with Crippen molar-refractivity contribution in [1.29, 1.82) is 0 Å². The maximum absolute atomic E-state index is 11.1. The molecule has 1 aromatic carbocycles. The highest BCUT2D eigenvalue weighted by molar-refractivity contribution is 5.91. The molecule has 0 bridgehead atoms. The maximum atomic E-state index is 11.1. The van der Waals surface area contributed by atoms with Crippen LogP contribution in [0.4, 0.5) is 0 Å². The lowest BCUT2D eigenvalue weighted by atomic mass is 10.1. The number of primary amides is 1. The van der Waals surface area contributed by atoms with Crippen LogP contribution in [0, 0.1) is 0 Å². The number of pyridine rings is 1. The van der Waals surface area contributed by atoms with Gasteiger partial charge >= 0.3 is 0 Å². The van der Waals surface area contributed by atoms with Crippen LogP contribution in [-0.4, -0.2) is 18.0 Å². The fraction of sp³-hybridized carbons (Fsp3) is 0.0769. The first-order valence-corrected chi connectivity index (χ1v) is 5.12. The third-order valence-corrected chi connectivity index (χ3v) is 2.38. The van der Waals surface area contributed by atoms with Gasteiger partial charge in [-0.25, -0.2) is 4.98 Å². The summed E-state index contributed by atoms with van der Waals surface area (Å²) in [7, 11) is 1.59. The molecule has 17 heavy (non-hydrogen) atoms. The Kier molecular flexibility index (Phi) is 3.05. The van der Waals surface area contributed by atoms with Gasteiger partial charge in [-0.15, -0.1) is 0 Å². The molecule has 0 saturated heterocycles. The Hall–Kier alpha value is -2.36. The lowest BCUT2D eigenvalue weighted by Gasteiger charge is -2.07. The van der Waals surface area contributed by atoms with Gasteiger partial charge in [0, 0.05) is 5.56 Å². The number of nitrogens with zero attached hydrogens (tertiary/aromatic N) is 1. The monoisotopic (exact) mass is 228 g/mol. The van der Waals surface area contributed by atoms with Crippen LogP contribution in [0.15, 0.2) is 42.5 Å². The first kappa shape index (κ1) is 11.1. The van der Waals surface area contributed by atoms with E-state index in [1.807, 2.05) is 30.3 Å². The van der Waals surface area contributed by atoms with Gasteiger partial charge in [0.25, 0.3) is 5.91 Å². The average molecular weight is 228 g/mol. The molecule has 4 heteroatoms. The van der Waals surface area contributed by atoms with Gasteiger partial charge in [0.15, 0.2) is 0 Å². The minimum Gasteiger partial charge on any atom is -0.496 e. The molecule has 0 unspecified atom stereocenters. The van der Waals surface area contributed by atoms with Crippen molar-refractivity contribution in [3.05, 3.63) is 48.2 Å². The van der Waals surface area contributed by atoms with Gasteiger partial charge < -0.3 is 10.5 Å². The van der Waals surface area contributed by atoms with Crippen molar-refractivity contribution in [1.82, 2.24) is 4.98 Å². The van der Waals surface area contributed by atoms with Crippen LogP contribution in [-0.2, 0) is 0 Å². The third kappa shape index (κ3) is 2.25.